The molecule has 2 fully saturated rings. The van der Waals surface area contributed by atoms with Gasteiger partial charge in [0.2, 0.25) is 0 Å². The molecule has 6 nitrogen and oxygen atoms in total. The molecule has 2 N–H and O–H groups in total. The summed E-state index contributed by atoms with van der Waals surface area (Å²) in [5.41, 5.74) is 0.294. The van der Waals surface area contributed by atoms with Gasteiger partial charge in [0.25, 0.3) is 5.56 Å². The number of piperidine rings is 1. The van der Waals surface area contributed by atoms with Crippen molar-refractivity contribution in [3.63, 3.8) is 0 Å². The van der Waals surface area contributed by atoms with Crippen LogP contribution in [0.2, 0.25) is 0 Å². The molecule has 1 unspecified atom stereocenters. The van der Waals surface area contributed by atoms with Gasteiger partial charge in [0.05, 0.1) is 5.39 Å². The van der Waals surface area contributed by atoms with E-state index in [-0.39, 0.29) is 33.6 Å². The molecule has 8 heteroatoms. The molecule has 0 bridgehead atoms. The highest BCUT2D eigenvalue weighted by atomic mass is 19.1. The number of aromatic hydroxyl groups is 1. The Bertz CT molecular complexity index is 1470. The minimum absolute atomic E-state index is 0.0158. The van der Waals surface area contributed by atoms with E-state index in [1.54, 1.807) is 42.2 Å². The van der Waals surface area contributed by atoms with Crippen molar-refractivity contribution < 1.29 is 13.9 Å². The van der Waals surface area contributed by atoms with E-state index in [9.17, 15) is 14.3 Å². The van der Waals surface area contributed by atoms with Crippen molar-refractivity contribution in [1.82, 2.24) is 19.7 Å². The quantitative estimate of drug-likeness (QED) is 0.498. The number of aromatic nitrogens is 3. The maximum atomic E-state index is 15.2. The second-order valence-electron chi connectivity index (χ2n) is 9.13. The Hall–Kier alpha value is -3.26. The van der Waals surface area contributed by atoms with Crippen molar-refractivity contribution >= 4 is 21.7 Å². The van der Waals surface area contributed by atoms with Crippen molar-refractivity contribution in [2.75, 3.05) is 6.54 Å². The average molecular weight is 436 g/mol. The summed E-state index contributed by atoms with van der Waals surface area (Å²) in [6.45, 7) is 0.845. The summed E-state index contributed by atoms with van der Waals surface area (Å²) in [4.78, 5) is 13.2. The van der Waals surface area contributed by atoms with E-state index in [2.05, 4.69) is 10.4 Å². The first-order valence-electron chi connectivity index (χ1n) is 10.8. The van der Waals surface area contributed by atoms with Crippen molar-refractivity contribution in [2.45, 2.75) is 37.3 Å². The van der Waals surface area contributed by atoms with E-state index in [0.717, 1.165) is 32.2 Å². The minimum atomic E-state index is -0.853. The van der Waals surface area contributed by atoms with E-state index in [4.69, 9.17) is 0 Å². The van der Waals surface area contributed by atoms with Gasteiger partial charge in [-0.2, -0.15) is 5.10 Å². The van der Waals surface area contributed by atoms with Crippen LogP contribution in [0.4, 0.5) is 8.78 Å². The monoisotopic (exact) mass is 436 g/mol. The number of halogens is 2. The summed E-state index contributed by atoms with van der Waals surface area (Å²) >= 11 is 0. The predicted octanol–water partition coefficient (Wildman–Crippen LogP) is 4.00. The maximum Gasteiger partial charge on any atom is 0.261 e. The van der Waals surface area contributed by atoms with Crippen LogP contribution in [0.15, 0.2) is 41.5 Å². The molecule has 4 aromatic rings. The lowest BCUT2D eigenvalue weighted by atomic mass is 9.96. The fourth-order valence-electron chi connectivity index (χ4n) is 5.14. The second-order valence-corrected chi connectivity index (χ2v) is 9.13. The number of rotatable bonds is 2. The number of phenols is 1. The number of nitrogens with one attached hydrogen (secondary N) is 1. The number of pyridine rings is 1. The lowest BCUT2D eigenvalue weighted by molar-refractivity contribution is 0.282. The number of fused-ring (bicyclic) bond motifs is 2. The highest BCUT2D eigenvalue weighted by Crippen LogP contribution is 2.45. The second kappa shape index (κ2) is 6.62. The van der Waals surface area contributed by atoms with Gasteiger partial charge in [-0.05, 0) is 67.4 Å². The van der Waals surface area contributed by atoms with Crippen molar-refractivity contribution in [3.05, 3.63) is 58.6 Å². The normalized spacial score (nSPS) is 19.8. The van der Waals surface area contributed by atoms with Crippen LogP contribution in [-0.2, 0) is 7.05 Å². The van der Waals surface area contributed by atoms with E-state index < -0.39 is 17.4 Å². The zero-order valence-corrected chi connectivity index (χ0v) is 17.5. The van der Waals surface area contributed by atoms with Crippen LogP contribution in [0.25, 0.3) is 32.8 Å². The Morgan fingerprint density at radius 3 is 2.81 bits per heavy atom. The lowest BCUT2D eigenvalue weighted by Gasteiger charge is -2.31. The molecule has 1 atom stereocenters. The van der Waals surface area contributed by atoms with Gasteiger partial charge in [0.15, 0.2) is 11.6 Å². The largest absolute Gasteiger partial charge is 0.504 e. The van der Waals surface area contributed by atoms with Crippen LogP contribution >= 0.6 is 0 Å². The van der Waals surface area contributed by atoms with E-state index in [1.807, 2.05) is 0 Å². The number of nitrogens with zero attached hydrogens (tertiary/aromatic N) is 3. The third-order valence-electron chi connectivity index (χ3n) is 6.97. The molecule has 164 valence electrons. The topological polar surface area (TPSA) is 72.1 Å². The Morgan fingerprint density at radius 2 is 2.03 bits per heavy atom. The highest BCUT2D eigenvalue weighted by Gasteiger charge is 2.46. The van der Waals surface area contributed by atoms with Gasteiger partial charge in [-0.1, -0.05) is 0 Å². The third kappa shape index (κ3) is 2.86. The van der Waals surface area contributed by atoms with Gasteiger partial charge < -0.3 is 15.0 Å². The summed E-state index contributed by atoms with van der Waals surface area (Å²) in [6.07, 6.45) is 7.28. The van der Waals surface area contributed by atoms with Crippen LogP contribution in [0, 0.1) is 11.6 Å². The lowest BCUT2D eigenvalue weighted by Crippen LogP contribution is -2.42. The molecule has 2 aromatic heterocycles. The first-order valence-corrected chi connectivity index (χ1v) is 10.8. The molecule has 1 saturated carbocycles. The van der Waals surface area contributed by atoms with E-state index in [1.165, 1.54) is 10.7 Å². The molecule has 1 aliphatic carbocycles. The number of hydrogen-bond acceptors (Lipinski definition) is 4. The van der Waals surface area contributed by atoms with Crippen molar-refractivity contribution in [1.29, 1.82) is 0 Å². The first kappa shape index (κ1) is 19.4. The molecule has 1 saturated heterocycles. The maximum absolute atomic E-state index is 15.2. The molecule has 6 rings (SSSR count). The molecule has 32 heavy (non-hydrogen) atoms. The fraction of sp³-hybridized carbons (Fsp3) is 0.333. The molecule has 1 aliphatic heterocycles. The molecular weight excluding hydrogens is 414 g/mol. The summed E-state index contributed by atoms with van der Waals surface area (Å²) in [5, 5.41) is 18.9. The summed E-state index contributed by atoms with van der Waals surface area (Å²) in [5.74, 6) is -2.13. The molecule has 2 aliphatic rings. The van der Waals surface area contributed by atoms with Gasteiger partial charge in [-0.15, -0.1) is 0 Å². The Balaban J connectivity index is 1.48. The van der Waals surface area contributed by atoms with Crippen molar-refractivity contribution in [3.8, 4) is 16.9 Å². The fourth-order valence-corrected chi connectivity index (χ4v) is 5.14. The highest BCUT2D eigenvalue weighted by molar-refractivity contribution is 5.92. The molecule has 1 spiro atoms. The summed E-state index contributed by atoms with van der Waals surface area (Å²) < 4.78 is 33.0. The van der Waals surface area contributed by atoms with E-state index in [0.29, 0.717) is 16.3 Å². The summed E-state index contributed by atoms with van der Waals surface area (Å²) in [7, 11) is 1.66. The molecule has 0 radical (unpaired) electrons. The van der Waals surface area contributed by atoms with Crippen molar-refractivity contribution in [2.24, 2.45) is 7.05 Å². The zero-order valence-electron chi connectivity index (χ0n) is 17.5. The molecular formula is C24H22F2N4O2. The Labute approximate surface area is 182 Å². The standard InChI is InChI=1S/C24H22F2N4O2/c1-29-12-15-9-17(22(31)20(26)21(15)28-29)14-8-13-3-7-30(23(32)19(13)18(25)10-14)16-2-6-27-24(11-16)4-5-24/h3,7-10,12,16,27,31H,2,4-6,11H2,1H3. The number of phenolic OH excluding ortho intramolecular Hbond substituents is 1. The third-order valence-corrected chi connectivity index (χ3v) is 6.97. The van der Waals surface area contributed by atoms with Crippen LogP contribution in [0.1, 0.15) is 31.7 Å². The molecule has 0 amide bonds. The molecule has 3 heterocycles. The Morgan fingerprint density at radius 1 is 1.22 bits per heavy atom. The van der Waals surface area contributed by atoms with Crippen LogP contribution in [0.5, 0.6) is 5.75 Å². The van der Waals surface area contributed by atoms with Gasteiger partial charge in [-0.3, -0.25) is 9.48 Å². The number of hydrogen-bond donors (Lipinski definition) is 2. The van der Waals surface area contributed by atoms with Gasteiger partial charge in [0.1, 0.15) is 11.3 Å². The van der Waals surface area contributed by atoms with Gasteiger partial charge in [-0.25, -0.2) is 8.78 Å². The van der Waals surface area contributed by atoms with Crippen LogP contribution in [0.3, 0.4) is 0 Å². The molecule has 2 aromatic carbocycles. The van der Waals surface area contributed by atoms with Crippen LogP contribution < -0.4 is 10.9 Å². The number of benzene rings is 2. The average Bonchev–Trinajstić information content (AvgIpc) is 3.39. The van der Waals surface area contributed by atoms with E-state index >= 15 is 4.39 Å². The van der Waals surface area contributed by atoms with Crippen LogP contribution in [-0.4, -0.2) is 31.5 Å². The van der Waals surface area contributed by atoms with Gasteiger partial charge in [0, 0.05) is 42.0 Å². The first-order chi connectivity index (χ1) is 15.3. The Kier molecular flexibility index (Phi) is 4.02. The summed E-state index contributed by atoms with van der Waals surface area (Å²) in [6, 6.07) is 6.15. The predicted molar refractivity (Wildman–Crippen MR) is 118 cm³/mol. The van der Waals surface area contributed by atoms with Gasteiger partial charge >= 0.3 is 0 Å². The minimum Gasteiger partial charge on any atom is -0.504 e. The smallest absolute Gasteiger partial charge is 0.261 e. The zero-order chi connectivity index (χ0) is 22.2. The number of aryl methyl sites for hydroxylation is 1. The SMILES string of the molecule is Cn1cc2cc(-c3cc(F)c4c(=O)n(C5CCNC6(CC6)C5)ccc4c3)c(O)c(F)c2n1.